The standard InChI is InChI=1S/C20H16Cl2F3N3O2/c1-11-7-12(2)19(14(22)8-11)26-17(29)10-30-18-9-16(20(23,24)25)27-28(18)15-6-4-3-5-13(15)21/h3-9H,10H2,1-2H3,(H,26,29). The summed E-state index contributed by atoms with van der Waals surface area (Å²) < 4.78 is 45.7. The van der Waals surface area contributed by atoms with E-state index in [4.69, 9.17) is 27.9 Å². The monoisotopic (exact) mass is 457 g/mol. The molecule has 0 aliphatic rings. The lowest BCUT2D eigenvalue weighted by Crippen LogP contribution is -2.21. The van der Waals surface area contributed by atoms with E-state index in [1.54, 1.807) is 25.1 Å². The number of benzene rings is 2. The average molecular weight is 458 g/mol. The van der Waals surface area contributed by atoms with Crippen LogP contribution in [0.3, 0.4) is 0 Å². The first-order valence-electron chi connectivity index (χ1n) is 8.68. The molecule has 0 atom stereocenters. The number of nitrogens with one attached hydrogen (secondary N) is 1. The highest BCUT2D eigenvalue weighted by atomic mass is 35.5. The van der Waals surface area contributed by atoms with Gasteiger partial charge in [0.2, 0.25) is 5.88 Å². The Hall–Kier alpha value is -2.71. The van der Waals surface area contributed by atoms with Crippen molar-refractivity contribution in [1.82, 2.24) is 9.78 Å². The van der Waals surface area contributed by atoms with Gasteiger partial charge in [-0.05, 0) is 43.2 Å². The lowest BCUT2D eigenvalue weighted by Gasteiger charge is -2.13. The number of alkyl halides is 3. The molecule has 0 unspecified atom stereocenters. The van der Waals surface area contributed by atoms with Gasteiger partial charge in [-0.25, -0.2) is 0 Å². The number of anilines is 1. The van der Waals surface area contributed by atoms with Gasteiger partial charge in [0.25, 0.3) is 5.91 Å². The molecule has 1 amide bonds. The maximum Gasteiger partial charge on any atom is 0.435 e. The van der Waals surface area contributed by atoms with Gasteiger partial charge in [0.1, 0.15) is 0 Å². The minimum Gasteiger partial charge on any atom is -0.467 e. The fourth-order valence-corrected chi connectivity index (χ4v) is 3.37. The largest absolute Gasteiger partial charge is 0.467 e. The van der Waals surface area contributed by atoms with Crippen molar-refractivity contribution in [2.24, 2.45) is 0 Å². The molecule has 158 valence electrons. The van der Waals surface area contributed by atoms with Gasteiger partial charge in [0.15, 0.2) is 12.3 Å². The highest BCUT2D eigenvalue weighted by Gasteiger charge is 2.36. The second-order valence-corrected chi connectivity index (χ2v) is 7.32. The van der Waals surface area contributed by atoms with E-state index in [2.05, 4.69) is 10.4 Å². The number of carbonyl (C=O) groups is 1. The lowest BCUT2D eigenvalue weighted by atomic mass is 10.1. The van der Waals surface area contributed by atoms with Crippen LogP contribution in [0.2, 0.25) is 10.0 Å². The van der Waals surface area contributed by atoms with E-state index in [0.717, 1.165) is 15.8 Å². The molecule has 1 heterocycles. The number of amides is 1. The molecular formula is C20H16Cl2F3N3O2. The zero-order valence-corrected chi connectivity index (χ0v) is 17.4. The predicted octanol–water partition coefficient (Wildman–Crippen LogP) is 5.83. The normalized spacial score (nSPS) is 11.4. The highest BCUT2D eigenvalue weighted by Crippen LogP contribution is 2.33. The zero-order valence-electron chi connectivity index (χ0n) is 15.8. The molecule has 0 aliphatic carbocycles. The van der Waals surface area contributed by atoms with Crippen LogP contribution in [0.25, 0.3) is 5.69 Å². The lowest BCUT2D eigenvalue weighted by molar-refractivity contribution is -0.141. The van der Waals surface area contributed by atoms with Crippen molar-refractivity contribution in [3.05, 3.63) is 69.3 Å². The van der Waals surface area contributed by atoms with Crippen LogP contribution in [-0.2, 0) is 11.0 Å². The van der Waals surface area contributed by atoms with Gasteiger partial charge in [-0.2, -0.15) is 23.0 Å². The molecule has 0 radical (unpaired) electrons. The minimum atomic E-state index is -4.70. The fourth-order valence-electron chi connectivity index (χ4n) is 2.79. The third kappa shape index (κ3) is 4.88. The van der Waals surface area contributed by atoms with Gasteiger partial charge in [-0.15, -0.1) is 0 Å². The van der Waals surface area contributed by atoms with Crippen molar-refractivity contribution in [1.29, 1.82) is 0 Å². The number of halogens is 5. The van der Waals surface area contributed by atoms with Crippen molar-refractivity contribution in [3.63, 3.8) is 0 Å². The molecule has 5 nitrogen and oxygen atoms in total. The number of para-hydroxylation sites is 1. The molecule has 0 fully saturated rings. The number of carbonyl (C=O) groups excluding carboxylic acids is 1. The molecule has 0 bridgehead atoms. The van der Waals surface area contributed by atoms with Crippen LogP contribution in [0.5, 0.6) is 5.88 Å². The summed E-state index contributed by atoms with van der Waals surface area (Å²) >= 11 is 12.2. The number of hydrogen-bond acceptors (Lipinski definition) is 3. The molecule has 0 saturated carbocycles. The number of rotatable bonds is 5. The number of aromatic nitrogens is 2. The van der Waals surface area contributed by atoms with Gasteiger partial charge in [-0.1, -0.05) is 41.4 Å². The van der Waals surface area contributed by atoms with E-state index in [9.17, 15) is 18.0 Å². The third-order valence-corrected chi connectivity index (χ3v) is 4.71. The predicted molar refractivity (Wildman–Crippen MR) is 109 cm³/mol. The first kappa shape index (κ1) is 22.0. The first-order valence-corrected chi connectivity index (χ1v) is 9.43. The molecule has 0 aliphatic heterocycles. The van der Waals surface area contributed by atoms with E-state index in [-0.39, 0.29) is 16.6 Å². The van der Waals surface area contributed by atoms with Gasteiger partial charge >= 0.3 is 6.18 Å². The Balaban J connectivity index is 1.83. The Morgan fingerprint density at radius 2 is 1.83 bits per heavy atom. The Morgan fingerprint density at radius 1 is 1.13 bits per heavy atom. The number of nitrogens with zero attached hydrogens (tertiary/aromatic N) is 2. The summed E-state index contributed by atoms with van der Waals surface area (Å²) in [6.45, 7) is 3.08. The Bertz CT molecular complexity index is 1070. The second kappa shape index (κ2) is 8.57. The van der Waals surface area contributed by atoms with Crippen molar-refractivity contribution in [3.8, 4) is 11.6 Å². The van der Waals surface area contributed by atoms with Gasteiger partial charge in [0, 0.05) is 6.07 Å². The second-order valence-electron chi connectivity index (χ2n) is 6.50. The summed E-state index contributed by atoms with van der Waals surface area (Å²) in [5.41, 5.74) is 1.09. The van der Waals surface area contributed by atoms with Crippen LogP contribution in [-0.4, -0.2) is 22.3 Å². The summed E-state index contributed by atoms with van der Waals surface area (Å²) in [7, 11) is 0. The maximum absolute atomic E-state index is 13.1. The van der Waals surface area contributed by atoms with Gasteiger partial charge in [0.05, 0.1) is 21.4 Å². The average Bonchev–Trinajstić information content (AvgIpc) is 3.08. The van der Waals surface area contributed by atoms with Crippen molar-refractivity contribution in [2.75, 3.05) is 11.9 Å². The van der Waals surface area contributed by atoms with Crippen molar-refractivity contribution < 1.29 is 22.7 Å². The van der Waals surface area contributed by atoms with Crippen LogP contribution in [0.15, 0.2) is 42.5 Å². The molecule has 10 heteroatoms. The zero-order chi connectivity index (χ0) is 22.1. The molecular weight excluding hydrogens is 442 g/mol. The summed E-state index contributed by atoms with van der Waals surface area (Å²) in [5.74, 6) is -0.873. The molecule has 0 saturated heterocycles. The Labute approximate surface area is 180 Å². The third-order valence-electron chi connectivity index (χ3n) is 4.10. The molecule has 3 rings (SSSR count). The number of ether oxygens (including phenoxy) is 1. The van der Waals surface area contributed by atoms with Gasteiger partial charge in [-0.3, -0.25) is 4.79 Å². The van der Waals surface area contributed by atoms with Crippen molar-refractivity contribution >= 4 is 34.8 Å². The molecule has 2 aromatic carbocycles. The van der Waals surface area contributed by atoms with Gasteiger partial charge < -0.3 is 10.1 Å². The molecule has 3 aromatic rings. The van der Waals surface area contributed by atoms with E-state index >= 15 is 0 Å². The summed E-state index contributed by atoms with van der Waals surface area (Å²) in [5, 5.41) is 6.67. The quantitative estimate of drug-likeness (QED) is 0.524. The molecule has 1 aromatic heterocycles. The SMILES string of the molecule is Cc1cc(C)c(NC(=O)COc2cc(C(F)(F)F)nn2-c2ccccc2Cl)c(Cl)c1. The number of aryl methyl sites for hydroxylation is 2. The molecule has 0 spiro atoms. The highest BCUT2D eigenvalue weighted by molar-refractivity contribution is 6.34. The number of hydrogen-bond donors (Lipinski definition) is 1. The maximum atomic E-state index is 13.1. The van der Waals surface area contributed by atoms with Crippen LogP contribution in [0, 0.1) is 13.8 Å². The Kier molecular flexibility index (Phi) is 6.28. The van der Waals surface area contributed by atoms with Crippen LogP contribution in [0.1, 0.15) is 16.8 Å². The van der Waals surface area contributed by atoms with E-state index < -0.39 is 24.4 Å². The van der Waals surface area contributed by atoms with E-state index in [0.29, 0.717) is 16.8 Å². The summed E-state index contributed by atoms with van der Waals surface area (Å²) in [6.07, 6.45) is -4.70. The molecule has 1 N–H and O–H groups in total. The van der Waals surface area contributed by atoms with E-state index in [1.807, 2.05) is 13.0 Å². The topological polar surface area (TPSA) is 56.1 Å². The fraction of sp³-hybridized carbons (Fsp3) is 0.200. The minimum absolute atomic E-state index is 0.172. The summed E-state index contributed by atoms with van der Waals surface area (Å²) in [4.78, 5) is 12.3. The smallest absolute Gasteiger partial charge is 0.435 e. The van der Waals surface area contributed by atoms with Crippen LogP contribution in [0.4, 0.5) is 18.9 Å². The first-order chi connectivity index (χ1) is 14.1. The summed E-state index contributed by atoms with van der Waals surface area (Å²) in [6, 6.07) is 10.4. The van der Waals surface area contributed by atoms with E-state index in [1.165, 1.54) is 12.1 Å². The van der Waals surface area contributed by atoms with Crippen LogP contribution < -0.4 is 10.1 Å². The van der Waals surface area contributed by atoms with Crippen molar-refractivity contribution in [2.45, 2.75) is 20.0 Å². The van der Waals surface area contributed by atoms with Crippen LogP contribution >= 0.6 is 23.2 Å². The molecule has 30 heavy (non-hydrogen) atoms. The Morgan fingerprint density at radius 3 is 2.47 bits per heavy atom.